The first kappa shape index (κ1) is 21.6. The Kier molecular flexibility index (Phi) is 5.42. The number of aromatic hydroxyl groups is 1. The SMILES string of the molecule is O=C1c2[nH]nc(-c3ccccc3O)c2C(c2cccc(Oc3ccccc3)c2)N1Cc1ccncc1. The van der Waals surface area contributed by atoms with Crippen LogP contribution in [0.3, 0.4) is 0 Å². The second kappa shape index (κ2) is 9.03. The third-order valence-electron chi connectivity index (χ3n) is 6.28. The molecule has 3 aromatic carbocycles. The van der Waals surface area contributed by atoms with Gasteiger partial charge in [0.25, 0.3) is 5.91 Å². The predicted octanol–water partition coefficient (Wildman–Crippen LogP) is 5.72. The molecule has 0 spiro atoms. The summed E-state index contributed by atoms with van der Waals surface area (Å²) in [5.74, 6) is 1.34. The van der Waals surface area contributed by atoms with Crippen molar-refractivity contribution < 1.29 is 14.6 Å². The number of hydrogen-bond donors (Lipinski definition) is 2. The Hall–Kier alpha value is -4.91. The number of aromatic nitrogens is 3. The number of hydrogen-bond acceptors (Lipinski definition) is 5. The van der Waals surface area contributed by atoms with Gasteiger partial charge in [-0.3, -0.25) is 14.9 Å². The number of phenolic OH excluding ortho intramolecular Hbond substituents is 1. The van der Waals surface area contributed by atoms with Crippen LogP contribution in [0.1, 0.15) is 33.2 Å². The first-order chi connectivity index (χ1) is 17.7. The highest BCUT2D eigenvalue weighted by molar-refractivity contribution is 6.00. The standard InChI is InChI=1S/C29H22N4O3/c34-24-12-5-4-11-23(24)26-25-27(32-31-26)29(35)33(18-19-13-15-30-16-14-19)28(25)20-7-6-10-22(17-20)36-21-8-2-1-3-9-21/h1-17,28,34H,18H2,(H,31,32). The molecule has 176 valence electrons. The van der Waals surface area contributed by atoms with Gasteiger partial charge in [0.05, 0.1) is 6.04 Å². The number of carbonyl (C=O) groups excluding carboxylic acids is 1. The van der Waals surface area contributed by atoms with Crippen molar-refractivity contribution in [3.05, 3.63) is 126 Å². The van der Waals surface area contributed by atoms with E-state index in [1.165, 1.54) is 0 Å². The van der Waals surface area contributed by atoms with Crippen LogP contribution in [0.4, 0.5) is 0 Å². The van der Waals surface area contributed by atoms with Crippen molar-refractivity contribution in [3.63, 3.8) is 0 Å². The zero-order valence-electron chi connectivity index (χ0n) is 19.2. The Balaban J connectivity index is 1.47. The van der Waals surface area contributed by atoms with Crippen molar-refractivity contribution in [3.8, 4) is 28.5 Å². The van der Waals surface area contributed by atoms with E-state index in [0.717, 1.165) is 22.4 Å². The Morgan fingerprint density at radius 3 is 2.44 bits per heavy atom. The van der Waals surface area contributed by atoms with E-state index in [0.29, 0.717) is 29.2 Å². The second-order valence-corrected chi connectivity index (χ2v) is 8.56. The highest BCUT2D eigenvalue weighted by Gasteiger charge is 2.42. The lowest BCUT2D eigenvalue weighted by Crippen LogP contribution is -2.29. The normalized spacial score (nSPS) is 14.6. The molecule has 2 N–H and O–H groups in total. The Morgan fingerprint density at radius 1 is 0.889 bits per heavy atom. The summed E-state index contributed by atoms with van der Waals surface area (Å²) in [4.78, 5) is 19.5. The van der Waals surface area contributed by atoms with E-state index in [1.807, 2.05) is 77.7 Å². The van der Waals surface area contributed by atoms with E-state index in [4.69, 9.17) is 4.74 Å². The third-order valence-corrected chi connectivity index (χ3v) is 6.28. The molecule has 0 aliphatic carbocycles. The predicted molar refractivity (Wildman–Crippen MR) is 135 cm³/mol. The average Bonchev–Trinajstić information content (AvgIpc) is 3.45. The molecule has 1 unspecified atom stereocenters. The maximum atomic E-state index is 13.6. The fourth-order valence-corrected chi connectivity index (χ4v) is 4.64. The number of benzene rings is 3. The monoisotopic (exact) mass is 474 g/mol. The topological polar surface area (TPSA) is 91.3 Å². The number of rotatable bonds is 6. The Labute approximate surface area is 207 Å². The first-order valence-electron chi connectivity index (χ1n) is 11.6. The van der Waals surface area contributed by atoms with Crippen LogP contribution in [0.25, 0.3) is 11.3 Å². The van der Waals surface area contributed by atoms with E-state index in [9.17, 15) is 9.90 Å². The summed E-state index contributed by atoms with van der Waals surface area (Å²) in [7, 11) is 0. The van der Waals surface area contributed by atoms with Gasteiger partial charge in [0.15, 0.2) is 0 Å². The molecular weight excluding hydrogens is 452 g/mol. The molecule has 1 atom stereocenters. The summed E-state index contributed by atoms with van der Waals surface area (Å²) in [6, 6.07) is 27.7. The zero-order chi connectivity index (χ0) is 24.5. The van der Waals surface area contributed by atoms with Gasteiger partial charge in [-0.05, 0) is 59.7 Å². The summed E-state index contributed by atoms with van der Waals surface area (Å²) in [6.07, 6.45) is 3.43. The molecule has 0 bridgehead atoms. The summed E-state index contributed by atoms with van der Waals surface area (Å²) < 4.78 is 6.09. The van der Waals surface area contributed by atoms with E-state index in [-0.39, 0.29) is 11.7 Å². The lowest BCUT2D eigenvalue weighted by Gasteiger charge is -2.27. The summed E-state index contributed by atoms with van der Waals surface area (Å²) >= 11 is 0. The molecule has 3 heterocycles. The largest absolute Gasteiger partial charge is 0.507 e. The van der Waals surface area contributed by atoms with E-state index >= 15 is 0 Å². The van der Waals surface area contributed by atoms with Gasteiger partial charge in [-0.1, -0.05) is 42.5 Å². The lowest BCUT2D eigenvalue weighted by atomic mass is 9.95. The fraction of sp³-hybridized carbons (Fsp3) is 0.0690. The Bertz CT molecular complexity index is 1530. The number of amides is 1. The number of aromatic amines is 1. The lowest BCUT2D eigenvalue weighted by molar-refractivity contribution is 0.0730. The van der Waals surface area contributed by atoms with Crippen molar-refractivity contribution in [2.75, 3.05) is 0 Å². The van der Waals surface area contributed by atoms with Crippen LogP contribution in [0.15, 0.2) is 103 Å². The van der Waals surface area contributed by atoms with Crippen LogP contribution in [0.2, 0.25) is 0 Å². The molecule has 6 rings (SSSR count). The van der Waals surface area contributed by atoms with E-state index in [2.05, 4.69) is 15.2 Å². The Morgan fingerprint density at radius 2 is 1.64 bits per heavy atom. The van der Waals surface area contributed by atoms with Crippen molar-refractivity contribution in [1.29, 1.82) is 0 Å². The quantitative estimate of drug-likeness (QED) is 0.329. The first-order valence-corrected chi connectivity index (χ1v) is 11.6. The van der Waals surface area contributed by atoms with E-state index < -0.39 is 6.04 Å². The molecule has 7 heteroatoms. The van der Waals surface area contributed by atoms with E-state index in [1.54, 1.807) is 30.6 Å². The molecule has 0 radical (unpaired) electrons. The minimum atomic E-state index is -0.437. The number of para-hydroxylation sites is 2. The van der Waals surface area contributed by atoms with Gasteiger partial charge in [0.1, 0.15) is 28.6 Å². The zero-order valence-corrected chi connectivity index (χ0v) is 19.2. The maximum absolute atomic E-state index is 13.6. The van der Waals surface area contributed by atoms with Crippen molar-refractivity contribution in [2.45, 2.75) is 12.6 Å². The van der Waals surface area contributed by atoms with Gasteiger partial charge >= 0.3 is 0 Å². The van der Waals surface area contributed by atoms with Gasteiger partial charge in [0.2, 0.25) is 0 Å². The van der Waals surface area contributed by atoms with Crippen LogP contribution in [-0.4, -0.2) is 31.1 Å². The minimum absolute atomic E-state index is 0.103. The number of H-pyrrole nitrogens is 1. The molecule has 7 nitrogen and oxygen atoms in total. The summed E-state index contributed by atoms with van der Waals surface area (Å²) in [5, 5.41) is 18.0. The maximum Gasteiger partial charge on any atom is 0.273 e. The van der Waals surface area contributed by atoms with Crippen LogP contribution >= 0.6 is 0 Å². The van der Waals surface area contributed by atoms with Crippen molar-refractivity contribution in [1.82, 2.24) is 20.1 Å². The minimum Gasteiger partial charge on any atom is -0.507 e. The van der Waals surface area contributed by atoms with Gasteiger partial charge in [0, 0.05) is 30.1 Å². The molecule has 36 heavy (non-hydrogen) atoms. The number of pyridine rings is 1. The number of ether oxygens (including phenoxy) is 1. The molecule has 0 fully saturated rings. The number of carbonyl (C=O) groups is 1. The van der Waals surface area contributed by atoms with Crippen molar-refractivity contribution >= 4 is 5.91 Å². The summed E-state index contributed by atoms with van der Waals surface area (Å²) in [6.45, 7) is 0.387. The summed E-state index contributed by atoms with van der Waals surface area (Å²) in [5.41, 5.74) is 4.10. The number of nitrogens with one attached hydrogen (secondary N) is 1. The molecule has 1 aliphatic rings. The van der Waals surface area contributed by atoms with Crippen LogP contribution < -0.4 is 4.74 Å². The molecule has 5 aromatic rings. The van der Waals surface area contributed by atoms with Crippen LogP contribution in [-0.2, 0) is 6.54 Å². The number of phenols is 1. The molecule has 1 aliphatic heterocycles. The third kappa shape index (κ3) is 3.86. The molecular formula is C29H22N4O3. The molecule has 2 aromatic heterocycles. The molecule has 0 saturated carbocycles. The average molecular weight is 475 g/mol. The van der Waals surface area contributed by atoms with Crippen LogP contribution in [0, 0.1) is 0 Å². The second-order valence-electron chi connectivity index (χ2n) is 8.56. The van der Waals surface area contributed by atoms with Gasteiger partial charge in [-0.2, -0.15) is 5.10 Å². The van der Waals surface area contributed by atoms with Crippen LogP contribution in [0.5, 0.6) is 17.2 Å². The highest BCUT2D eigenvalue weighted by atomic mass is 16.5. The number of nitrogens with zero attached hydrogens (tertiary/aromatic N) is 3. The van der Waals surface area contributed by atoms with Gasteiger partial charge < -0.3 is 14.7 Å². The highest BCUT2D eigenvalue weighted by Crippen LogP contribution is 2.45. The fourth-order valence-electron chi connectivity index (χ4n) is 4.64. The molecule has 1 amide bonds. The van der Waals surface area contributed by atoms with Gasteiger partial charge in [-0.15, -0.1) is 0 Å². The van der Waals surface area contributed by atoms with Gasteiger partial charge in [-0.25, -0.2) is 0 Å². The molecule has 0 saturated heterocycles. The smallest absolute Gasteiger partial charge is 0.273 e. The van der Waals surface area contributed by atoms with Crippen molar-refractivity contribution in [2.24, 2.45) is 0 Å². The number of fused-ring (bicyclic) bond motifs is 1.